The van der Waals surface area contributed by atoms with E-state index in [1.165, 1.54) is 12.1 Å². The summed E-state index contributed by atoms with van der Waals surface area (Å²) in [6.07, 6.45) is 1.41. The van der Waals surface area contributed by atoms with Crippen LogP contribution in [0.15, 0.2) is 42.5 Å². The molecule has 0 atom stereocenters. The summed E-state index contributed by atoms with van der Waals surface area (Å²) in [4.78, 5) is 29.3. The van der Waals surface area contributed by atoms with Crippen LogP contribution in [0.25, 0.3) is 0 Å². The van der Waals surface area contributed by atoms with E-state index < -0.39 is 5.82 Å². The van der Waals surface area contributed by atoms with Gasteiger partial charge in [0.05, 0.1) is 4.87 Å². The van der Waals surface area contributed by atoms with Gasteiger partial charge in [-0.1, -0.05) is 24.3 Å². The van der Waals surface area contributed by atoms with E-state index in [2.05, 4.69) is 5.32 Å². The number of likely N-dealkylation sites (tertiary alicyclic amines) is 1. The fourth-order valence-electron chi connectivity index (χ4n) is 4.34. The molecule has 0 radical (unpaired) electrons. The number of hydrogen-bond donors (Lipinski definition) is 1. The van der Waals surface area contributed by atoms with Gasteiger partial charge in [0, 0.05) is 36.6 Å². The highest BCUT2D eigenvalue weighted by molar-refractivity contribution is 8.00. The number of hydrogen-bond acceptors (Lipinski definition) is 3. The van der Waals surface area contributed by atoms with Crippen LogP contribution in [0.4, 0.5) is 14.9 Å². The first kappa shape index (κ1) is 20.7. The zero-order chi connectivity index (χ0) is 21.3. The normalized spacial score (nSPS) is 18.0. The van der Waals surface area contributed by atoms with E-state index in [-0.39, 0.29) is 16.8 Å². The summed E-state index contributed by atoms with van der Waals surface area (Å²) in [5, 5.41) is 3.05. The fraction of sp³-hybridized carbons (Fsp3) is 0.391. The van der Waals surface area contributed by atoms with Crippen molar-refractivity contribution < 1.29 is 14.0 Å². The molecule has 2 saturated heterocycles. The average molecular weight is 428 g/mol. The lowest BCUT2D eigenvalue weighted by Gasteiger charge is -2.44. The molecule has 3 amide bonds. The zero-order valence-electron chi connectivity index (χ0n) is 17.3. The number of aryl methyl sites for hydroxylation is 2. The maximum absolute atomic E-state index is 13.6. The van der Waals surface area contributed by atoms with E-state index in [1.807, 2.05) is 41.8 Å². The number of rotatable bonds is 2. The Kier molecular flexibility index (Phi) is 5.73. The van der Waals surface area contributed by atoms with Crippen LogP contribution < -0.4 is 5.32 Å². The van der Waals surface area contributed by atoms with Crippen LogP contribution in [0.5, 0.6) is 0 Å². The molecule has 0 bridgehead atoms. The third-order valence-corrected chi connectivity index (χ3v) is 7.59. The average Bonchev–Trinajstić information content (AvgIpc) is 3.13. The Labute approximate surface area is 180 Å². The predicted molar refractivity (Wildman–Crippen MR) is 118 cm³/mol. The summed E-state index contributed by atoms with van der Waals surface area (Å²) in [5.74, 6) is 0.322. The minimum atomic E-state index is -0.403. The van der Waals surface area contributed by atoms with Crippen LogP contribution in [0.3, 0.4) is 0 Å². The van der Waals surface area contributed by atoms with E-state index >= 15 is 0 Å². The van der Waals surface area contributed by atoms with Gasteiger partial charge in [0.1, 0.15) is 5.82 Å². The van der Waals surface area contributed by atoms with E-state index in [0.717, 1.165) is 22.6 Å². The Balaban J connectivity index is 1.44. The Hall–Kier alpha value is -2.54. The largest absolute Gasteiger partial charge is 0.324 e. The summed E-state index contributed by atoms with van der Waals surface area (Å²) in [6, 6.07) is 11.7. The van der Waals surface area contributed by atoms with Crippen molar-refractivity contribution in [1.29, 1.82) is 0 Å². The van der Waals surface area contributed by atoms with Gasteiger partial charge in [-0.25, -0.2) is 9.18 Å². The maximum Gasteiger partial charge on any atom is 0.321 e. The number of benzene rings is 2. The predicted octanol–water partition coefficient (Wildman–Crippen LogP) is 4.66. The first-order chi connectivity index (χ1) is 14.4. The minimum Gasteiger partial charge on any atom is -0.324 e. The Morgan fingerprint density at radius 2 is 1.70 bits per heavy atom. The smallest absolute Gasteiger partial charge is 0.321 e. The second kappa shape index (κ2) is 8.30. The Bertz CT molecular complexity index is 952. The zero-order valence-corrected chi connectivity index (χ0v) is 18.1. The highest BCUT2D eigenvalue weighted by Crippen LogP contribution is 2.44. The third kappa shape index (κ3) is 3.90. The van der Waals surface area contributed by atoms with Gasteiger partial charge in [-0.05, 0) is 56.0 Å². The minimum absolute atomic E-state index is 0.103. The molecule has 2 fully saturated rings. The van der Waals surface area contributed by atoms with Crippen LogP contribution >= 0.6 is 11.8 Å². The Morgan fingerprint density at radius 3 is 2.37 bits per heavy atom. The Morgan fingerprint density at radius 1 is 1.03 bits per heavy atom. The summed E-state index contributed by atoms with van der Waals surface area (Å²) in [7, 11) is 0. The molecular formula is C23H26FN3O2S. The first-order valence-electron chi connectivity index (χ1n) is 10.2. The van der Waals surface area contributed by atoms with Crippen molar-refractivity contribution in [2.75, 3.05) is 30.7 Å². The standard InChI is InChI=1S/C23H26FN3O2S/c1-16-5-3-6-17(2)20(16)25-22(29)26-11-9-23(10-12-26)27(13-14-30-23)21(28)18-7-4-8-19(24)15-18/h3-8,15H,9-14H2,1-2H3,(H,25,29). The maximum atomic E-state index is 13.6. The molecule has 7 heteroatoms. The fourth-order valence-corrected chi connectivity index (χ4v) is 5.80. The monoisotopic (exact) mass is 427 g/mol. The van der Waals surface area contributed by atoms with Crippen LogP contribution in [0.2, 0.25) is 0 Å². The van der Waals surface area contributed by atoms with Crippen molar-refractivity contribution in [2.45, 2.75) is 31.6 Å². The molecule has 4 rings (SSSR count). The van der Waals surface area contributed by atoms with Crippen LogP contribution in [-0.2, 0) is 0 Å². The van der Waals surface area contributed by atoms with E-state index in [4.69, 9.17) is 0 Å². The lowest BCUT2D eigenvalue weighted by molar-refractivity contribution is 0.0585. The lowest BCUT2D eigenvalue weighted by atomic mass is 10.0. The van der Waals surface area contributed by atoms with Crippen molar-refractivity contribution >= 4 is 29.4 Å². The summed E-state index contributed by atoms with van der Waals surface area (Å²) in [5.41, 5.74) is 3.32. The molecule has 30 heavy (non-hydrogen) atoms. The summed E-state index contributed by atoms with van der Waals surface area (Å²) >= 11 is 1.78. The van der Waals surface area contributed by atoms with Gasteiger partial charge in [0.15, 0.2) is 0 Å². The number of nitrogens with zero attached hydrogens (tertiary/aromatic N) is 2. The van der Waals surface area contributed by atoms with Crippen LogP contribution in [0.1, 0.15) is 34.3 Å². The number of amides is 3. The van der Waals surface area contributed by atoms with E-state index in [9.17, 15) is 14.0 Å². The van der Waals surface area contributed by atoms with Crippen molar-refractivity contribution in [3.8, 4) is 0 Å². The topological polar surface area (TPSA) is 52.7 Å². The summed E-state index contributed by atoms with van der Waals surface area (Å²) < 4.78 is 13.6. The van der Waals surface area contributed by atoms with Crippen molar-refractivity contribution in [3.05, 3.63) is 65.0 Å². The number of anilines is 1. The second-order valence-electron chi connectivity index (χ2n) is 7.95. The number of carbonyl (C=O) groups is 2. The number of carbonyl (C=O) groups excluding carboxylic acids is 2. The van der Waals surface area contributed by atoms with E-state index in [1.54, 1.807) is 23.9 Å². The van der Waals surface area contributed by atoms with Gasteiger partial charge in [-0.15, -0.1) is 11.8 Å². The number of piperidine rings is 1. The summed E-state index contributed by atoms with van der Waals surface area (Å²) in [6.45, 7) is 5.78. The number of nitrogens with one attached hydrogen (secondary N) is 1. The molecule has 2 aromatic carbocycles. The molecular weight excluding hydrogens is 401 g/mol. The van der Waals surface area contributed by atoms with Crippen molar-refractivity contribution in [3.63, 3.8) is 0 Å². The lowest BCUT2D eigenvalue weighted by Crippen LogP contribution is -2.54. The van der Waals surface area contributed by atoms with E-state index in [0.29, 0.717) is 38.0 Å². The molecule has 0 unspecified atom stereocenters. The molecule has 0 saturated carbocycles. The number of halogens is 1. The highest BCUT2D eigenvalue weighted by Gasteiger charge is 2.47. The second-order valence-corrected chi connectivity index (χ2v) is 9.40. The molecule has 2 aliphatic rings. The van der Waals surface area contributed by atoms with Gasteiger partial charge < -0.3 is 15.1 Å². The molecule has 2 aromatic rings. The SMILES string of the molecule is Cc1cccc(C)c1NC(=O)N1CCC2(CC1)SCCN2C(=O)c1cccc(F)c1. The highest BCUT2D eigenvalue weighted by atomic mass is 32.2. The molecule has 1 spiro atoms. The molecule has 2 heterocycles. The van der Waals surface area contributed by atoms with Crippen LogP contribution in [-0.4, -0.2) is 52.0 Å². The van der Waals surface area contributed by atoms with Gasteiger partial charge in [0.2, 0.25) is 0 Å². The van der Waals surface area contributed by atoms with Crippen molar-refractivity contribution in [2.24, 2.45) is 0 Å². The third-order valence-electron chi connectivity index (χ3n) is 6.04. The first-order valence-corrected chi connectivity index (χ1v) is 11.2. The molecule has 158 valence electrons. The molecule has 0 aromatic heterocycles. The van der Waals surface area contributed by atoms with Gasteiger partial charge in [-0.3, -0.25) is 4.79 Å². The molecule has 5 nitrogen and oxygen atoms in total. The number of thioether (sulfide) groups is 1. The van der Waals surface area contributed by atoms with Crippen LogP contribution in [0, 0.1) is 19.7 Å². The molecule has 0 aliphatic carbocycles. The molecule has 2 aliphatic heterocycles. The van der Waals surface area contributed by atoms with Gasteiger partial charge in [0.25, 0.3) is 5.91 Å². The number of urea groups is 1. The van der Waals surface area contributed by atoms with Gasteiger partial charge in [-0.2, -0.15) is 0 Å². The van der Waals surface area contributed by atoms with Gasteiger partial charge >= 0.3 is 6.03 Å². The quantitative estimate of drug-likeness (QED) is 0.759. The van der Waals surface area contributed by atoms with Crippen molar-refractivity contribution in [1.82, 2.24) is 9.80 Å². The molecule has 1 N–H and O–H groups in total. The number of para-hydroxylation sites is 1.